The Morgan fingerprint density at radius 3 is 0.936 bits per heavy atom. The molecule has 0 aromatic carbocycles. The second-order valence-electron chi connectivity index (χ2n) is 12.2. The molecule has 0 aliphatic heterocycles. The van der Waals surface area contributed by atoms with E-state index in [0.29, 0.717) is 13.2 Å². The number of aliphatic hydroxyl groups is 5. The van der Waals surface area contributed by atoms with Crippen molar-refractivity contribution in [1.82, 2.24) is 0 Å². The van der Waals surface area contributed by atoms with Crippen LogP contribution in [-0.4, -0.2) is 97.7 Å². The van der Waals surface area contributed by atoms with Gasteiger partial charge in [0.05, 0.1) is 6.10 Å². The van der Waals surface area contributed by atoms with Crippen LogP contribution in [0.2, 0.25) is 0 Å². The first-order chi connectivity index (χ1) is 22.7. The van der Waals surface area contributed by atoms with Crippen LogP contribution in [0.5, 0.6) is 0 Å². The zero-order chi connectivity index (χ0) is 34.4. The van der Waals surface area contributed by atoms with Gasteiger partial charge in [-0.3, -0.25) is 0 Å². The summed E-state index contributed by atoms with van der Waals surface area (Å²) in [7, 11) is 0. The normalized spacial score (nSPS) is 11.3. The largest absolute Gasteiger partial charge is 0.397 e. The summed E-state index contributed by atoms with van der Waals surface area (Å²) in [5, 5.41) is 42.0. The Labute approximate surface area is 307 Å². The molecule has 47 heavy (non-hydrogen) atoms. The van der Waals surface area contributed by atoms with Gasteiger partial charge in [0.2, 0.25) is 0 Å². The molecule has 0 aliphatic rings. The standard InChI is InChI=1S/C34H70O6.2C2H6O.Ti/c35-26-17-9-1-2-11-19-29-38-30-20-12-3-4-13-21-31-39-32-22-14-5-6-15-23-33-40-34(25-28-37)24-16-8-7-10-18-27-36;2*1-2-3;/h34-37H,1-33H2;2*3H,2H2,1H3;. The maximum Gasteiger partial charge on any atom is 0.0597 e. The molecule has 8 nitrogen and oxygen atoms in total. The molecule has 1 unspecified atom stereocenters. The van der Waals surface area contributed by atoms with Gasteiger partial charge in [-0.2, -0.15) is 0 Å². The zero-order valence-electron chi connectivity index (χ0n) is 31.3. The quantitative estimate of drug-likeness (QED) is 0.0325. The number of unbranched alkanes of at least 4 members (excludes halogenated alkanes) is 19. The first-order valence-electron chi connectivity index (χ1n) is 19.5. The third-order valence-corrected chi connectivity index (χ3v) is 7.70. The van der Waals surface area contributed by atoms with Crippen molar-refractivity contribution >= 4 is 0 Å². The van der Waals surface area contributed by atoms with Crippen LogP contribution in [0.3, 0.4) is 0 Å². The zero-order valence-corrected chi connectivity index (χ0v) is 32.8. The SMILES string of the molecule is CCO.CCO.OCCCCCCCCOCCCCCCCCOCCCCCCCCOC(CCO)CCCCCCCO.[Ti]. The van der Waals surface area contributed by atoms with Crippen molar-refractivity contribution in [2.75, 3.05) is 66.1 Å². The van der Waals surface area contributed by atoms with Gasteiger partial charge in [0.15, 0.2) is 0 Å². The van der Waals surface area contributed by atoms with Crippen LogP contribution in [0.15, 0.2) is 0 Å². The van der Waals surface area contributed by atoms with Crippen molar-refractivity contribution in [2.24, 2.45) is 0 Å². The minimum Gasteiger partial charge on any atom is -0.397 e. The van der Waals surface area contributed by atoms with E-state index in [1.54, 1.807) is 13.8 Å². The van der Waals surface area contributed by atoms with Crippen molar-refractivity contribution in [3.05, 3.63) is 0 Å². The van der Waals surface area contributed by atoms with Gasteiger partial charge < -0.3 is 39.7 Å². The number of ether oxygens (including phenoxy) is 3. The molecule has 0 aromatic heterocycles. The van der Waals surface area contributed by atoms with Crippen molar-refractivity contribution < 1.29 is 61.5 Å². The van der Waals surface area contributed by atoms with Gasteiger partial charge in [0.1, 0.15) is 0 Å². The van der Waals surface area contributed by atoms with Crippen molar-refractivity contribution in [3.8, 4) is 0 Å². The van der Waals surface area contributed by atoms with E-state index in [9.17, 15) is 5.11 Å². The topological polar surface area (TPSA) is 129 Å². The van der Waals surface area contributed by atoms with E-state index in [1.807, 2.05) is 0 Å². The Morgan fingerprint density at radius 1 is 0.340 bits per heavy atom. The van der Waals surface area contributed by atoms with Crippen molar-refractivity contribution in [3.63, 3.8) is 0 Å². The van der Waals surface area contributed by atoms with Crippen LogP contribution in [-0.2, 0) is 35.9 Å². The average molecular weight is 715 g/mol. The Kier molecular flexibility index (Phi) is 64.3. The summed E-state index contributed by atoms with van der Waals surface area (Å²) in [6, 6.07) is 0. The van der Waals surface area contributed by atoms with Crippen LogP contribution < -0.4 is 0 Å². The molecule has 0 bridgehead atoms. The molecule has 9 heteroatoms. The maximum atomic E-state index is 9.28. The summed E-state index contributed by atoms with van der Waals surface area (Å²) >= 11 is 0. The van der Waals surface area contributed by atoms with Gasteiger partial charge in [-0.05, 0) is 71.6 Å². The Balaban J connectivity index is -0.00000122. The van der Waals surface area contributed by atoms with Gasteiger partial charge in [-0.15, -0.1) is 0 Å². The van der Waals surface area contributed by atoms with Gasteiger partial charge in [0.25, 0.3) is 0 Å². The van der Waals surface area contributed by atoms with Gasteiger partial charge in [0, 0.05) is 87.8 Å². The molecular formula is C38H82O8Ti. The molecule has 0 radical (unpaired) electrons. The predicted molar refractivity (Wildman–Crippen MR) is 194 cm³/mol. The molecule has 1 atom stereocenters. The molecule has 5 N–H and O–H groups in total. The Morgan fingerprint density at radius 2 is 0.617 bits per heavy atom. The van der Waals surface area contributed by atoms with Crippen LogP contribution in [0.25, 0.3) is 0 Å². The minimum absolute atomic E-state index is 0. The van der Waals surface area contributed by atoms with E-state index in [1.165, 1.54) is 109 Å². The third-order valence-electron chi connectivity index (χ3n) is 7.70. The fourth-order valence-electron chi connectivity index (χ4n) is 5.07. The Hall–Kier alpha value is 0.394. The number of aliphatic hydroxyl groups excluding tert-OH is 5. The van der Waals surface area contributed by atoms with Crippen LogP contribution >= 0.6 is 0 Å². The van der Waals surface area contributed by atoms with Gasteiger partial charge >= 0.3 is 0 Å². The molecule has 0 rings (SSSR count). The fraction of sp³-hybridized carbons (Fsp3) is 1.00. The summed E-state index contributed by atoms with van der Waals surface area (Å²) < 4.78 is 17.6. The molecular weight excluding hydrogens is 632 g/mol. The molecule has 0 spiro atoms. The molecule has 0 heterocycles. The maximum absolute atomic E-state index is 9.28. The smallest absolute Gasteiger partial charge is 0.0597 e. The van der Waals surface area contributed by atoms with Crippen LogP contribution in [0.1, 0.15) is 174 Å². The van der Waals surface area contributed by atoms with Gasteiger partial charge in [-0.25, -0.2) is 0 Å². The number of hydrogen-bond acceptors (Lipinski definition) is 8. The van der Waals surface area contributed by atoms with E-state index in [2.05, 4.69) is 0 Å². The second-order valence-corrected chi connectivity index (χ2v) is 12.2. The predicted octanol–water partition coefficient (Wildman–Crippen LogP) is 8.13. The molecule has 0 amide bonds. The summed E-state index contributed by atoms with van der Waals surface area (Å²) in [4.78, 5) is 0. The van der Waals surface area contributed by atoms with Crippen molar-refractivity contribution in [1.29, 1.82) is 0 Å². The molecule has 286 valence electrons. The molecule has 0 saturated heterocycles. The monoisotopic (exact) mass is 715 g/mol. The van der Waals surface area contributed by atoms with Gasteiger partial charge in [-0.1, -0.05) is 103 Å². The molecule has 0 saturated carbocycles. The molecule has 0 aliphatic carbocycles. The van der Waals surface area contributed by atoms with E-state index in [0.717, 1.165) is 84.4 Å². The first-order valence-corrected chi connectivity index (χ1v) is 19.5. The Bertz CT molecular complexity index is 475. The number of hydrogen-bond donors (Lipinski definition) is 5. The van der Waals surface area contributed by atoms with Crippen molar-refractivity contribution in [2.45, 2.75) is 180 Å². The second kappa shape index (κ2) is 55.8. The van der Waals surface area contributed by atoms with E-state index >= 15 is 0 Å². The minimum atomic E-state index is 0. The van der Waals surface area contributed by atoms with E-state index < -0.39 is 0 Å². The fourth-order valence-corrected chi connectivity index (χ4v) is 5.07. The summed E-state index contributed by atoms with van der Waals surface area (Å²) in [6.07, 6.45) is 29.5. The summed E-state index contributed by atoms with van der Waals surface area (Å²) in [6.45, 7) is 9.18. The third kappa shape index (κ3) is 58.9. The summed E-state index contributed by atoms with van der Waals surface area (Å²) in [5.41, 5.74) is 0. The average Bonchev–Trinajstić information content (AvgIpc) is 3.05. The van der Waals surface area contributed by atoms with E-state index in [-0.39, 0.29) is 47.6 Å². The molecule has 0 aromatic rings. The molecule has 0 fully saturated rings. The summed E-state index contributed by atoms with van der Waals surface area (Å²) in [5.74, 6) is 0. The van der Waals surface area contributed by atoms with Crippen LogP contribution in [0, 0.1) is 0 Å². The van der Waals surface area contributed by atoms with E-state index in [4.69, 9.17) is 34.6 Å². The first kappa shape index (κ1) is 54.2. The van der Waals surface area contributed by atoms with Crippen LogP contribution in [0.4, 0.5) is 0 Å². The number of rotatable bonds is 36.